The first-order chi connectivity index (χ1) is 15.5. The summed E-state index contributed by atoms with van der Waals surface area (Å²) >= 11 is 0. The summed E-state index contributed by atoms with van der Waals surface area (Å²) in [5, 5.41) is 5.68. The third-order valence-electron chi connectivity index (χ3n) is 4.51. The Morgan fingerprint density at radius 2 is 1.75 bits per heavy atom. The number of amides is 1. The molecule has 0 aliphatic carbocycles. The van der Waals surface area contributed by atoms with E-state index in [9.17, 15) is 9.59 Å². The van der Waals surface area contributed by atoms with Gasteiger partial charge >= 0.3 is 0 Å². The molecule has 0 aliphatic heterocycles. The zero-order valence-corrected chi connectivity index (χ0v) is 17.3. The fourth-order valence-electron chi connectivity index (χ4n) is 2.73. The van der Waals surface area contributed by atoms with Crippen LogP contribution in [0.1, 0.15) is 16.2 Å². The minimum absolute atomic E-state index is 0.0649. The molecule has 0 bridgehead atoms. The SMILES string of the molecule is Cc1ncc(C(=O)Nc2ccc(Oc3ccnc(Nc4ccccn4)c3)cn2)c(=O)n1C. The highest BCUT2D eigenvalue weighted by molar-refractivity contribution is 6.03. The molecule has 2 N–H and O–H groups in total. The summed E-state index contributed by atoms with van der Waals surface area (Å²) < 4.78 is 7.12. The number of ether oxygens (including phenoxy) is 1. The van der Waals surface area contributed by atoms with Crippen LogP contribution in [0.25, 0.3) is 0 Å². The van der Waals surface area contributed by atoms with Crippen LogP contribution >= 0.6 is 0 Å². The number of carbonyl (C=O) groups excluding carboxylic acids is 1. The number of carbonyl (C=O) groups is 1. The van der Waals surface area contributed by atoms with Gasteiger partial charge in [-0.3, -0.25) is 14.2 Å². The fraction of sp³-hybridized carbons (Fsp3) is 0.0909. The molecule has 4 aromatic rings. The Bertz CT molecular complexity index is 1310. The second-order valence-electron chi connectivity index (χ2n) is 6.74. The lowest BCUT2D eigenvalue weighted by molar-refractivity contribution is 0.102. The van der Waals surface area contributed by atoms with Crippen molar-refractivity contribution in [2.45, 2.75) is 6.92 Å². The van der Waals surface area contributed by atoms with Gasteiger partial charge in [-0.1, -0.05) is 6.07 Å². The molecule has 32 heavy (non-hydrogen) atoms. The Balaban J connectivity index is 1.42. The lowest BCUT2D eigenvalue weighted by Crippen LogP contribution is -2.29. The first kappa shape index (κ1) is 20.7. The van der Waals surface area contributed by atoms with Crippen LogP contribution in [0.3, 0.4) is 0 Å². The molecule has 0 aromatic carbocycles. The number of nitrogens with one attached hydrogen (secondary N) is 2. The molecule has 4 aromatic heterocycles. The summed E-state index contributed by atoms with van der Waals surface area (Å²) in [6.07, 6.45) is 6.01. The van der Waals surface area contributed by atoms with Gasteiger partial charge in [-0.2, -0.15) is 0 Å². The Morgan fingerprint density at radius 1 is 0.906 bits per heavy atom. The Hall–Kier alpha value is -4.60. The Morgan fingerprint density at radius 3 is 2.50 bits per heavy atom. The molecule has 10 heteroatoms. The van der Waals surface area contributed by atoms with Crippen molar-refractivity contribution in [1.29, 1.82) is 0 Å². The van der Waals surface area contributed by atoms with Gasteiger partial charge in [0.05, 0.1) is 6.20 Å². The molecule has 0 fully saturated rings. The van der Waals surface area contributed by atoms with Gasteiger partial charge in [0.2, 0.25) is 0 Å². The third kappa shape index (κ3) is 4.75. The van der Waals surface area contributed by atoms with Crippen molar-refractivity contribution in [2.24, 2.45) is 7.05 Å². The van der Waals surface area contributed by atoms with E-state index in [1.54, 1.807) is 50.6 Å². The van der Waals surface area contributed by atoms with Crippen molar-refractivity contribution < 1.29 is 9.53 Å². The van der Waals surface area contributed by atoms with Gasteiger partial charge in [-0.05, 0) is 37.3 Å². The molecule has 0 saturated heterocycles. The van der Waals surface area contributed by atoms with Crippen LogP contribution in [0.2, 0.25) is 0 Å². The number of aryl methyl sites for hydroxylation is 1. The highest BCUT2D eigenvalue weighted by Gasteiger charge is 2.14. The number of anilines is 3. The predicted molar refractivity (Wildman–Crippen MR) is 118 cm³/mol. The minimum Gasteiger partial charge on any atom is -0.456 e. The van der Waals surface area contributed by atoms with E-state index in [1.165, 1.54) is 17.0 Å². The summed E-state index contributed by atoms with van der Waals surface area (Å²) in [5.41, 5.74) is -0.493. The van der Waals surface area contributed by atoms with E-state index >= 15 is 0 Å². The van der Waals surface area contributed by atoms with Crippen molar-refractivity contribution >= 4 is 23.4 Å². The molecular weight excluding hydrogens is 410 g/mol. The number of nitrogens with zero attached hydrogens (tertiary/aromatic N) is 5. The highest BCUT2D eigenvalue weighted by Crippen LogP contribution is 2.24. The van der Waals surface area contributed by atoms with Crippen LogP contribution < -0.4 is 20.9 Å². The summed E-state index contributed by atoms with van der Waals surface area (Å²) in [4.78, 5) is 41.3. The summed E-state index contributed by atoms with van der Waals surface area (Å²) in [6.45, 7) is 1.68. The summed E-state index contributed by atoms with van der Waals surface area (Å²) in [5.74, 6) is 2.46. The lowest BCUT2D eigenvalue weighted by atomic mass is 10.3. The maximum absolute atomic E-state index is 12.4. The number of hydrogen-bond donors (Lipinski definition) is 2. The molecule has 0 spiro atoms. The number of rotatable bonds is 6. The maximum Gasteiger partial charge on any atom is 0.266 e. The van der Waals surface area contributed by atoms with E-state index in [0.717, 1.165) is 0 Å². The van der Waals surface area contributed by atoms with Gasteiger partial charge in [0.25, 0.3) is 11.5 Å². The zero-order valence-electron chi connectivity index (χ0n) is 17.3. The maximum atomic E-state index is 12.4. The zero-order chi connectivity index (χ0) is 22.5. The van der Waals surface area contributed by atoms with Crippen molar-refractivity contribution in [2.75, 3.05) is 10.6 Å². The topological polar surface area (TPSA) is 124 Å². The first-order valence-corrected chi connectivity index (χ1v) is 9.61. The van der Waals surface area contributed by atoms with Crippen molar-refractivity contribution in [3.63, 3.8) is 0 Å². The number of pyridine rings is 3. The van der Waals surface area contributed by atoms with E-state index in [4.69, 9.17) is 4.74 Å². The van der Waals surface area contributed by atoms with Gasteiger partial charge in [-0.25, -0.2) is 19.9 Å². The number of aromatic nitrogens is 5. The fourth-order valence-corrected chi connectivity index (χ4v) is 2.73. The lowest BCUT2D eigenvalue weighted by Gasteiger charge is -2.09. The molecule has 0 radical (unpaired) electrons. The van der Waals surface area contributed by atoms with Crippen LogP contribution in [0.15, 0.2) is 72.0 Å². The van der Waals surface area contributed by atoms with Crippen LogP contribution in [-0.2, 0) is 7.05 Å². The molecule has 0 atom stereocenters. The van der Waals surface area contributed by atoms with Gasteiger partial charge in [0.1, 0.15) is 40.3 Å². The first-order valence-electron chi connectivity index (χ1n) is 9.61. The van der Waals surface area contributed by atoms with Crippen molar-refractivity contribution in [1.82, 2.24) is 24.5 Å². The molecule has 10 nitrogen and oxygen atoms in total. The average Bonchev–Trinajstić information content (AvgIpc) is 2.80. The third-order valence-corrected chi connectivity index (χ3v) is 4.51. The number of hydrogen-bond acceptors (Lipinski definition) is 8. The van der Waals surface area contributed by atoms with Crippen LogP contribution in [-0.4, -0.2) is 30.4 Å². The summed E-state index contributed by atoms with van der Waals surface area (Å²) in [6, 6.07) is 12.2. The largest absolute Gasteiger partial charge is 0.456 e. The van der Waals surface area contributed by atoms with Crippen LogP contribution in [0.5, 0.6) is 11.5 Å². The van der Waals surface area contributed by atoms with Gasteiger partial charge in [-0.15, -0.1) is 0 Å². The quantitative estimate of drug-likeness (QED) is 0.479. The smallest absolute Gasteiger partial charge is 0.266 e. The van der Waals surface area contributed by atoms with Gasteiger partial charge in [0, 0.05) is 31.7 Å². The molecular formula is C22H19N7O3. The normalized spacial score (nSPS) is 10.4. The average molecular weight is 429 g/mol. The van der Waals surface area contributed by atoms with Gasteiger partial charge < -0.3 is 15.4 Å². The van der Waals surface area contributed by atoms with Crippen molar-refractivity contribution in [3.05, 3.63) is 89.0 Å². The van der Waals surface area contributed by atoms with Crippen molar-refractivity contribution in [3.8, 4) is 11.5 Å². The van der Waals surface area contributed by atoms with Crippen LogP contribution in [0.4, 0.5) is 17.5 Å². The van der Waals surface area contributed by atoms with Crippen LogP contribution in [0, 0.1) is 6.92 Å². The second kappa shape index (κ2) is 9.04. The van der Waals surface area contributed by atoms with Gasteiger partial charge in [0.15, 0.2) is 0 Å². The van der Waals surface area contributed by atoms with E-state index in [-0.39, 0.29) is 11.4 Å². The molecule has 4 rings (SSSR count). The minimum atomic E-state index is -0.585. The van der Waals surface area contributed by atoms with E-state index in [2.05, 4.69) is 30.6 Å². The Kier molecular flexibility index (Phi) is 5.84. The standard InChI is InChI=1S/C22H19N7O3/c1-14-25-13-17(22(31)29(14)2)21(30)28-19-7-6-16(12-26-19)32-15-8-10-24-20(11-15)27-18-5-3-4-9-23-18/h3-13H,1-2H3,(H,23,24,27)(H,26,28,30). The summed E-state index contributed by atoms with van der Waals surface area (Å²) in [7, 11) is 1.56. The molecule has 0 unspecified atom stereocenters. The Labute approximate surface area is 183 Å². The highest BCUT2D eigenvalue weighted by atomic mass is 16.5. The predicted octanol–water partition coefficient (Wildman–Crippen LogP) is 3.06. The molecule has 160 valence electrons. The van der Waals surface area contributed by atoms with E-state index in [0.29, 0.717) is 29.0 Å². The van der Waals surface area contributed by atoms with E-state index < -0.39 is 11.5 Å². The molecule has 1 amide bonds. The molecule has 0 aliphatic rings. The van der Waals surface area contributed by atoms with E-state index in [1.807, 2.05) is 18.2 Å². The monoisotopic (exact) mass is 429 g/mol. The molecule has 0 saturated carbocycles. The second-order valence-corrected chi connectivity index (χ2v) is 6.74. The molecule has 4 heterocycles.